The Bertz CT molecular complexity index is 875. The van der Waals surface area contributed by atoms with E-state index >= 15 is 0 Å². The number of aromatic nitrogens is 2. The number of hydrogen-bond donors (Lipinski definition) is 1. The van der Waals surface area contributed by atoms with Crippen molar-refractivity contribution in [2.45, 2.75) is 28.6 Å². The summed E-state index contributed by atoms with van der Waals surface area (Å²) in [6.07, 6.45) is 1.00. The molecule has 4 rings (SSSR count). The van der Waals surface area contributed by atoms with Crippen LogP contribution < -0.4 is 4.90 Å². The number of rotatable bonds is 3. The standard InChI is InChI=1S/C19H19N3OS2/c1-13-10-11-22(16-8-4-5-9-17(16)25-13)18(23)12-24-19-20-14-6-2-3-7-15(14)21-19/h2-9,13H,10-12H2,1H3,(H,20,21)/t13-/m0/s1. The van der Waals surface area contributed by atoms with E-state index < -0.39 is 0 Å². The molecule has 0 unspecified atom stereocenters. The van der Waals surface area contributed by atoms with Crippen molar-refractivity contribution in [1.82, 2.24) is 9.97 Å². The van der Waals surface area contributed by atoms with Gasteiger partial charge in [0.05, 0.1) is 22.5 Å². The molecule has 128 valence electrons. The normalized spacial score (nSPS) is 17.3. The van der Waals surface area contributed by atoms with Gasteiger partial charge in [-0.2, -0.15) is 0 Å². The van der Waals surface area contributed by atoms with Gasteiger partial charge in [0.15, 0.2) is 5.16 Å². The predicted molar refractivity (Wildman–Crippen MR) is 106 cm³/mol. The number of para-hydroxylation sites is 3. The number of imidazole rings is 1. The molecule has 1 aliphatic heterocycles. The smallest absolute Gasteiger partial charge is 0.237 e. The Morgan fingerprint density at radius 1 is 1.28 bits per heavy atom. The molecule has 1 atom stereocenters. The molecule has 1 aromatic heterocycles. The molecule has 0 saturated heterocycles. The largest absolute Gasteiger partial charge is 0.333 e. The third-order valence-electron chi connectivity index (χ3n) is 4.24. The Hall–Kier alpha value is -1.92. The molecule has 0 saturated carbocycles. The van der Waals surface area contributed by atoms with E-state index in [0.717, 1.165) is 34.8 Å². The summed E-state index contributed by atoms with van der Waals surface area (Å²) in [6, 6.07) is 16.1. The second-order valence-corrected chi connectivity index (χ2v) is 8.52. The van der Waals surface area contributed by atoms with Crippen LogP contribution in [-0.4, -0.2) is 33.4 Å². The van der Waals surface area contributed by atoms with E-state index in [1.54, 1.807) is 0 Å². The van der Waals surface area contributed by atoms with Gasteiger partial charge in [-0.15, -0.1) is 11.8 Å². The van der Waals surface area contributed by atoms with Crippen LogP contribution in [0.2, 0.25) is 0 Å². The molecule has 2 aromatic carbocycles. The molecular formula is C19H19N3OS2. The van der Waals surface area contributed by atoms with E-state index in [1.165, 1.54) is 16.7 Å². The van der Waals surface area contributed by atoms with E-state index in [4.69, 9.17) is 0 Å². The maximum absolute atomic E-state index is 12.9. The Labute approximate surface area is 155 Å². The molecule has 2 heterocycles. The van der Waals surface area contributed by atoms with Gasteiger partial charge >= 0.3 is 0 Å². The number of thioether (sulfide) groups is 2. The summed E-state index contributed by atoms with van der Waals surface area (Å²) in [6.45, 7) is 2.99. The van der Waals surface area contributed by atoms with Crippen LogP contribution in [-0.2, 0) is 4.79 Å². The number of benzene rings is 2. The number of nitrogens with zero attached hydrogens (tertiary/aromatic N) is 2. The second-order valence-electron chi connectivity index (χ2n) is 6.08. The molecule has 0 aliphatic carbocycles. The number of amides is 1. The Kier molecular flexibility index (Phi) is 4.72. The zero-order valence-electron chi connectivity index (χ0n) is 13.9. The average molecular weight is 370 g/mol. The van der Waals surface area contributed by atoms with E-state index in [1.807, 2.05) is 59.1 Å². The van der Waals surface area contributed by atoms with E-state index in [9.17, 15) is 4.79 Å². The number of hydrogen-bond acceptors (Lipinski definition) is 4. The lowest BCUT2D eigenvalue weighted by Gasteiger charge is -2.22. The maximum atomic E-state index is 12.9. The summed E-state index contributed by atoms with van der Waals surface area (Å²) in [5.74, 6) is 0.514. The first-order chi connectivity index (χ1) is 12.2. The fourth-order valence-electron chi connectivity index (χ4n) is 2.95. The number of aromatic amines is 1. The molecule has 1 amide bonds. The van der Waals surface area contributed by atoms with E-state index in [-0.39, 0.29) is 5.91 Å². The van der Waals surface area contributed by atoms with Gasteiger partial charge < -0.3 is 9.88 Å². The highest BCUT2D eigenvalue weighted by Gasteiger charge is 2.24. The summed E-state index contributed by atoms with van der Waals surface area (Å²) in [4.78, 5) is 23.8. The van der Waals surface area contributed by atoms with Crippen molar-refractivity contribution in [3.63, 3.8) is 0 Å². The minimum atomic E-state index is 0.132. The highest BCUT2D eigenvalue weighted by molar-refractivity contribution is 8.00. The molecule has 4 nitrogen and oxygen atoms in total. The minimum absolute atomic E-state index is 0.132. The van der Waals surface area contributed by atoms with Gasteiger partial charge in [-0.1, -0.05) is 43.0 Å². The third kappa shape index (κ3) is 3.55. The van der Waals surface area contributed by atoms with Gasteiger partial charge in [0.1, 0.15) is 0 Å². The monoisotopic (exact) mass is 369 g/mol. The van der Waals surface area contributed by atoms with Gasteiger partial charge in [-0.25, -0.2) is 4.98 Å². The van der Waals surface area contributed by atoms with Crippen LogP contribution in [0.1, 0.15) is 13.3 Å². The fraction of sp³-hybridized carbons (Fsp3) is 0.263. The van der Waals surface area contributed by atoms with Gasteiger partial charge in [0, 0.05) is 16.7 Å². The van der Waals surface area contributed by atoms with Crippen LogP contribution in [0, 0.1) is 0 Å². The Balaban J connectivity index is 1.50. The quantitative estimate of drug-likeness (QED) is 0.687. The SMILES string of the molecule is C[C@H]1CCN(C(=O)CSc2nc3ccccc3[nH]2)c2ccccc2S1. The molecule has 0 radical (unpaired) electrons. The molecule has 25 heavy (non-hydrogen) atoms. The lowest BCUT2D eigenvalue weighted by Crippen LogP contribution is -2.33. The molecule has 0 fully saturated rings. The first-order valence-electron chi connectivity index (χ1n) is 8.34. The van der Waals surface area contributed by atoms with Crippen molar-refractivity contribution in [1.29, 1.82) is 0 Å². The number of anilines is 1. The summed E-state index contributed by atoms with van der Waals surface area (Å²) in [5.41, 5.74) is 2.97. The number of H-pyrrole nitrogens is 1. The topological polar surface area (TPSA) is 49.0 Å². The first-order valence-corrected chi connectivity index (χ1v) is 10.2. The Morgan fingerprint density at radius 2 is 2.08 bits per heavy atom. The molecule has 6 heteroatoms. The summed E-state index contributed by atoms with van der Waals surface area (Å²) in [7, 11) is 0. The highest BCUT2D eigenvalue weighted by Crippen LogP contribution is 2.37. The lowest BCUT2D eigenvalue weighted by molar-refractivity contribution is -0.116. The fourth-order valence-corrected chi connectivity index (χ4v) is 4.83. The highest BCUT2D eigenvalue weighted by atomic mass is 32.2. The third-order valence-corrected chi connectivity index (χ3v) is 6.34. The second kappa shape index (κ2) is 7.14. The van der Waals surface area contributed by atoms with Crippen molar-refractivity contribution in [2.24, 2.45) is 0 Å². The summed E-state index contributed by atoms with van der Waals surface area (Å²) in [5, 5.41) is 1.31. The van der Waals surface area contributed by atoms with Crippen molar-refractivity contribution in [3.8, 4) is 0 Å². The first kappa shape index (κ1) is 16.5. The minimum Gasteiger partial charge on any atom is -0.333 e. The number of carbonyl (C=O) groups is 1. The van der Waals surface area contributed by atoms with E-state index in [0.29, 0.717) is 11.0 Å². The van der Waals surface area contributed by atoms with Crippen LogP contribution in [0.25, 0.3) is 11.0 Å². The molecule has 1 N–H and O–H groups in total. The molecule has 1 aliphatic rings. The molecule has 0 spiro atoms. The predicted octanol–water partition coefficient (Wildman–Crippen LogP) is 4.57. The van der Waals surface area contributed by atoms with E-state index in [2.05, 4.69) is 23.0 Å². The summed E-state index contributed by atoms with van der Waals surface area (Å²) < 4.78 is 0. The van der Waals surface area contributed by atoms with Crippen LogP contribution in [0.5, 0.6) is 0 Å². The van der Waals surface area contributed by atoms with Gasteiger partial charge in [0.25, 0.3) is 0 Å². The molecule has 3 aromatic rings. The van der Waals surface area contributed by atoms with Gasteiger partial charge in [0.2, 0.25) is 5.91 Å². The maximum Gasteiger partial charge on any atom is 0.237 e. The molecular weight excluding hydrogens is 350 g/mol. The zero-order valence-corrected chi connectivity index (χ0v) is 15.6. The van der Waals surface area contributed by atoms with Crippen molar-refractivity contribution in [2.75, 3.05) is 17.2 Å². The number of nitrogens with one attached hydrogen (secondary N) is 1. The number of fused-ring (bicyclic) bond motifs is 2. The molecule has 0 bridgehead atoms. The van der Waals surface area contributed by atoms with Crippen LogP contribution >= 0.6 is 23.5 Å². The van der Waals surface area contributed by atoms with Gasteiger partial charge in [-0.3, -0.25) is 4.79 Å². The zero-order chi connectivity index (χ0) is 17.2. The summed E-state index contributed by atoms with van der Waals surface area (Å²) >= 11 is 3.32. The van der Waals surface area contributed by atoms with Crippen molar-refractivity contribution < 1.29 is 4.79 Å². The van der Waals surface area contributed by atoms with Crippen LogP contribution in [0.15, 0.2) is 58.6 Å². The van der Waals surface area contributed by atoms with Gasteiger partial charge in [-0.05, 0) is 30.7 Å². The Morgan fingerprint density at radius 3 is 2.96 bits per heavy atom. The average Bonchev–Trinajstić information content (AvgIpc) is 2.96. The van der Waals surface area contributed by atoms with Crippen LogP contribution in [0.3, 0.4) is 0 Å². The number of carbonyl (C=O) groups excluding carboxylic acids is 1. The lowest BCUT2D eigenvalue weighted by atomic mass is 10.2. The van der Waals surface area contributed by atoms with Crippen molar-refractivity contribution >= 4 is 46.2 Å². The van der Waals surface area contributed by atoms with Crippen molar-refractivity contribution in [3.05, 3.63) is 48.5 Å². The van der Waals surface area contributed by atoms with Crippen LogP contribution in [0.4, 0.5) is 5.69 Å².